The molecule has 5 rings (SSSR count). The molecule has 0 bridgehead atoms. The summed E-state index contributed by atoms with van der Waals surface area (Å²) in [4.78, 5) is 39.8. The van der Waals surface area contributed by atoms with Crippen LogP contribution in [0.5, 0.6) is 5.75 Å². The molecule has 0 saturated carbocycles. The minimum absolute atomic E-state index is 0.0207. The smallest absolute Gasteiger partial charge is 0.305 e. The van der Waals surface area contributed by atoms with E-state index < -0.39 is 6.04 Å². The summed E-state index contributed by atoms with van der Waals surface area (Å²) < 4.78 is 5.15. The SMILES string of the molecule is CCOC(=O)CCC1c2ccccc2-c2ccc(NC(=O)[C@H]3C(c4ccc(O)cc4)CCN3C(C)=O)cc21. The largest absolute Gasteiger partial charge is 0.508 e. The van der Waals surface area contributed by atoms with Gasteiger partial charge in [-0.15, -0.1) is 0 Å². The molecule has 1 fully saturated rings. The molecule has 2 unspecified atom stereocenters. The Morgan fingerprint density at radius 3 is 2.47 bits per heavy atom. The molecule has 1 heterocycles. The van der Waals surface area contributed by atoms with Crippen molar-refractivity contribution < 1.29 is 24.2 Å². The number of aromatic hydroxyl groups is 1. The summed E-state index contributed by atoms with van der Waals surface area (Å²) in [5.41, 5.74) is 6.04. The van der Waals surface area contributed by atoms with Crippen molar-refractivity contribution >= 4 is 23.5 Å². The summed E-state index contributed by atoms with van der Waals surface area (Å²) >= 11 is 0. The van der Waals surface area contributed by atoms with Crippen molar-refractivity contribution in [2.75, 3.05) is 18.5 Å². The van der Waals surface area contributed by atoms with Crippen LogP contribution in [-0.4, -0.2) is 47.0 Å². The number of amides is 2. The number of ether oxygens (including phenoxy) is 1. The minimum atomic E-state index is -0.651. The molecule has 7 nitrogen and oxygen atoms in total. The Morgan fingerprint density at radius 1 is 1.00 bits per heavy atom. The van der Waals surface area contributed by atoms with Crippen molar-refractivity contribution in [1.82, 2.24) is 4.90 Å². The highest BCUT2D eigenvalue weighted by Gasteiger charge is 2.41. The van der Waals surface area contributed by atoms with Crippen LogP contribution in [0.15, 0.2) is 66.7 Å². The van der Waals surface area contributed by atoms with Gasteiger partial charge in [-0.1, -0.05) is 42.5 Å². The Bertz CT molecular complexity index is 1370. The van der Waals surface area contributed by atoms with Crippen LogP contribution in [0.3, 0.4) is 0 Å². The van der Waals surface area contributed by atoms with Crippen LogP contribution in [0.4, 0.5) is 5.69 Å². The molecule has 3 atom stereocenters. The molecule has 2 N–H and O–H groups in total. The first-order chi connectivity index (χ1) is 18.4. The van der Waals surface area contributed by atoms with Crippen LogP contribution < -0.4 is 5.32 Å². The predicted molar refractivity (Wildman–Crippen MR) is 145 cm³/mol. The zero-order valence-corrected chi connectivity index (χ0v) is 21.6. The fourth-order valence-electron chi connectivity index (χ4n) is 5.95. The zero-order valence-electron chi connectivity index (χ0n) is 21.6. The van der Waals surface area contributed by atoms with E-state index >= 15 is 0 Å². The van der Waals surface area contributed by atoms with Crippen molar-refractivity contribution in [1.29, 1.82) is 0 Å². The topological polar surface area (TPSA) is 95.9 Å². The highest BCUT2D eigenvalue weighted by molar-refractivity contribution is 5.98. The van der Waals surface area contributed by atoms with E-state index in [9.17, 15) is 19.5 Å². The molecular weight excluding hydrogens is 480 g/mol. The summed E-state index contributed by atoms with van der Waals surface area (Å²) in [6.07, 6.45) is 1.59. The summed E-state index contributed by atoms with van der Waals surface area (Å²) in [7, 11) is 0. The standard InChI is InChI=1S/C31H32N2O5/c1-3-38-29(36)15-14-27-25-7-5-4-6-24(25)26-13-10-21(18-28(26)27)32-31(37)30-23(16-17-33(30)19(2)34)20-8-11-22(35)12-9-20/h4-13,18,23,27,30,35H,3,14-17H2,1-2H3,(H,32,37)/t23?,27?,30-/m1/s1. The Balaban J connectivity index is 1.41. The van der Waals surface area contributed by atoms with E-state index in [1.165, 1.54) is 12.5 Å². The molecule has 0 aromatic heterocycles. The Kier molecular flexibility index (Phi) is 7.18. The molecule has 38 heavy (non-hydrogen) atoms. The molecule has 0 radical (unpaired) electrons. The van der Waals surface area contributed by atoms with Crippen LogP contribution in [0.25, 0.3) is 11.1 Å². The number of esters is 1. The van der Waals surface area contributed by atoms with E-state index in [0.29, 0.717) is 38.1 Å². The average Bonchev–Trinajstić information content (AvgIpc) is 3.48. The lowest BCUT2D eigenvalue weighted by Crippen LogP contribution is -2.44. The van der Waals surface area contributed by atoms with Gasteiger partial charge in [-0.2, -0.15) is 0 Å². The number of hydrogen-bond acceptors (Lipinski definition) is 5. The van der Waals surface area contributed by atoms with Gasteiger partial charge in [0.25, 0.3) is 0 Å². The van der Waals surface area contributed by atoms with Crippen molar-refractivity contribution in [3.8, 4) is 16.9 Å². The van der Waals surface area contributed by atoms with Crippen LogP contribution in [0.1, 0.15) is 61.6 Å². The number of carbonyl (C=O) groups excluding carboxylic acids is 3. The van der Waals surface area contributed by atoms with Gasteiger partial charge >= 0.3 is 5.97 Å². The molecule has 2 amide bonds. The number of carbonyl (C=O) groups is 3. The molecular formula is C31H32N2O5. The Labute approximate surface area is 222 Å². The maximum Gasteiger partial charge on any atom is 0.305 e. The normalized spacial score (nSPS) is 19.5. The maximum atomic E-state index is 13.7. The summed E-state index contributed by atoms with van der Waals surface area (Å²) in [5.74, 6) is -0.589. The predicted octanol–water partition coefficient (Wildman–Crippen LogP) is 5.19. The van der Waals surface area contributed by atoms with Gasteiger partial charge in [-0.25, -0.2) is 0 Å². The second kappa shape index (κ2) is 10.7. The van der Waals surface area contributed by atoms with E-state index in [1.807, 2.05) is 42.5 Å². The van der Waals surface area contributed by atoms with Crippen LogP contribution in [-0.2, 0) is 19.1 Å². The van der Waals surface area contributed by atoms with Crippen LogP contribution in [0, 0.1) is 0 Å². The summed E-state index contributed by atoms with van der Waals surface area (Å²) in [5, 5.41) is 12.8. The molecule has 0 spiro atoms. The molecule has 3 aromatic carbocycles. The fraction of sp³-hybridized carbons (Fsp3) is 0.323. The van der Waals surface area contributed by atoms with Crippen molar-refractivity contribution in [2.45, 2.75) is 51.0 Å². The number of anilines is 1. The summed E-state index contributed by atoms with van der Waals surface area (Å²) in [6, 6.07) is 20.3. The average molecular weight is 513 g/mol. The quantitative estimate of drug-likeness (QED) is 0.425. The van der Waals surface area contributed by atoms with Crippen LogP contribution >= 0.6 is 0 Å². The molecule has 1 saturated heterocycles. The lowest BCUT2D eigenvalue weighted by atomic mass is 9.90. The third-order valence-corrected chi connectivity index (χ3v) is 7.66. The number of fused-ring (bicyclic) bond motifs is 3. The fourth-order valence-corrected chi connectivity index (χ4v) is 5.95. The van der Waals surface area contributed by atoms with Crippen molar-refractivity contribution in [2.24, 2.45) is 0 Å². The molecule has 2 aliphatic rings. The third-order valence-electron chi connectivity index (χ3n) is 7.66. The number of phenols is 1. The van der Waals surface area contributed by atoms with Gasteiger partial charge in [0.2, 0.25) is 11.8 Å². The maximum absolute atomic E-state index is 13.7. The molecule has 7 heteroatoms. The molecule has 196 valence electrons. The number of likely N-dealkylation sites (tertiary alicyclic amines) is 1. The number of phenolic OH excluding ortho intramolecular Hbond substituents is 1. The van der Waals surface area contributed by atoms with Crippen molar-refractivity contribution in [3.05, 3.63) is 83.4 Å². The lowest BCUT2D eigenvalue weighted by molar-refractivity contribution is -0.143. The van der Waals surface area contributed by atoms with E-state index in [2.05, 4.69) is 17.4 Å². The van der Waals surface area contributed by atoms with Gasteiger partial charge in [-0.05, 0) is 71.8 Å². The molecule has 3 aromatic rings. The summed E-state index contributed by atoms with van der Waals surface area (Å²) in [6.45, 7) is 4.14. The van der Waals surface area contributed by atoms with Gasteiger partial charge in [0, 0.05) is 37.4 Å². The van der Waals surface area contributed by atoms with Gasteiger partial charge < -0.3 is 20.1 Å². The number of nitrogens with zero attached hydrogens (tertiary/aromatic N) is 1. The second-order valence-electron chi connectivity index (χ2n) is 9.92. The number of rotatable bonds is 7. The Morgan fingerprint density at radius 2 is 1.74 bits per heavy atom. The van der Waals surface area contributed by atoms with E-state index in [1.54, 1.807) is 24.0 Å². The highest BCUT2D eigenvalue weighted by Crippen LogP contribution is 2.47. The van der Waals surface area contributed by atoms with E-state index in [4.69, 9.17) is 4.74 Å². The van der Waals surface area contributed by atoms with Gasteiger partial charge in [0.1, 0.15) is 11.8 Å². The number of hydrogen-bond donors (Lipinski definition) is 2. The highest BCUT2D eigenvalue weighted by atomic mass is 16.5. The Hall–Kier alpha value is -4.13. The molecule has 1 aliphatic heterocycles. The van der Waals surface area contributed by atoms with Gasteiger partial charge in [0.05, 0.1) is 6.61 Å². The third kappa shape index (κ3) is 4.88. The number of nitrogens with one attached hydrogen (secondary N) is 1. The van der Waals surface area contributed by atoms with Crippen molar-refractivity contribution in [3.63, 3.8) is 0 Å². The minimum Gasteiger partial charge on any atom is -0.508 e. The first kappa shape index (κ1) is 25.5. The van der Waals surface area contributed by atoms with Crippen LogP contribution in [0.2, 0.25) is 0 Å². The first-order valence-electron chi connectivity index (χ1n) is 13.1. The first-order valence-corrected chi connectivity index (χ1v) is 13.1. The van der Waals surface area contributed by atoms with E-state index in [0.717, 1.165) is 22.3 Å². The van der Waals surface area contributed by atoms with Gasteiger partial charge in [0.15, 0.2) is 0 Å². The zero-order chi connectivity index (χ0) is 26.8. The molecule has 1 aliphatic carbocycles. The van der Waals surface area contributed by atoms with E-state index in [-0.39, 0.29) is 35.4 Å². The van der Waals surface area contributed by atoms with Gasteiger partial charge in [-0.3, -0.25) is 14.4 Å². The lowest BCUT2D eigenvalue weighted by Gasteiger charge is -2.27. The number of benzene rings is 3. The monoisotopic (exact) mass is 512 g/mol. The second-order valence-corrected chi connectivity index (χ2v) is 9.92.